The fourth-order valence-electron chi connectivity index (χ4n) is 7.58. The Morgan fingerprint density at radius 2 is 0.887 bits per heavy atom. The highest BCUT2D eigenvalue weighted by atomic mass is 16.5. The summed E-state index contributed by atoms with van der Waals surface area (Å²) in [5.74, 6) is -0.573. The molecule has 0 heterocycles. The Kier molecular flexibility index (Phi) is 47.2. The summed E-state index contributed by atoms with van der Waals surface area (Å²) in [6.45, 7) is 6.34. The molecule has 6 nitrogen and oxygen atoms in total. The van der Waals surface area contributed by atoms with Gasteiger partial charge in [-0.25, -0.2) is 0 Å². The van der Waals surface area contributed by atoms with E-state index in [1.54, 1.807) is 0 Å². The van der Waals surface area contributed by atoms with Gasteiger partial charge in [0.25, 0.3) is 0 Å². The van der Waals surface area contributed by atoms with E-state index in [0.717, 1.165) is 77.0 Å². The van der Waals surface area contributed by atoms with Crippen LogP contribution in [0.2, 0.25) is 0 Å². The van der Waals surface area contributed by atoms with E-state index in [0.29, 0.717) is 25.7 Å². The zero-order chi connectivity index (χ0) is 45.2. The number of carbonyl (C=O) groups excluding carboxylic acids is 2. The fraction of sp³-hybridized carbons (Fsp3) is 0.750. The first-order valence-corrected chi connectivity index (χ1v) is 26.2. The fourth-order valence-corrected chi connectivity index (χ4v) is 7.58. The molecule has 0 aromatic heterocycles. The van der Waals surface area contributed by atoms with Crippen LogP contribution in [0.5, 0.6) is 0 Å². The van der Waals surface area contributed by atoms with Crippen LogP contribution in [0.15, 0.2) is 72.9 Å². The second-order valence-corrected chi connectivity index (χ2v) is 17.5. The molecule has 3 atom stereocenters. The molecule has 6 heteroatoms. The molecule has 358 valence electrons. The van der Waals surface area contributed by atoms with E-state index in [4.69, 9.17) is 4.74 Å². The Morgan fingerprint density at radius 3 is 1.37 bits per heavy atom. The molecular formula is C56H99NO5. The lowest BCUT2D eigenvalue weighted by molar-refractivity contribution is -0.151. The molecule has 0 bridgehead atoms. The standard InChI is InChI=1S/C56H99NO5/c1-4-7-10-13-16-19-22-25-27-28-29-31-34-37-40-43-46-49-56(61)62-52(47-44-41-38-35-32-24-21-18-15-12-9-6-3)50-55(60)57-53(51-58)54(59)48-45-42-39-36-33-30-26-23-20-17-14-11-8-5-2/h7,10,16,19,25,27,29,31,35,37-38,40,52-54,58-59H,4-6,8-9,11-15,17-18,20-24,26,28,30,32-34,36,39,41-51H2,1-3H3,(H,57,60)/b10-7-,19-16-,27-25-,31-29-,38-35-,40-37-. The minimum absolute atomic E-state index is 0.0321. The van der Waals surface area contributed by atoms with Gasteiger partial charge in [0.2, 0.25) is 5.91 Å². The number of hydrogen-bond acceptors (Lipinski definition) is 5. The summed E-state index contributed by atoms with van der Waals surface area (Å²) in [7, 11) is 0. The van der Waals surface area contributed by atoms with Crippen molar-refractivity contribution in [3.8, 4) is 0 Å². The van der Waals surface area contributed by atoms with Crippen LogP contribution >= 0.6 is 0 Å². The topological polar surface area (TPSA) is 95.9 Å². The average molecular weight is 866 g/mol. The maximum absolute atomic E-state index is 13.2. The van der Waals surface area contributed by atoms with Crippen molar-refractivity contribution < 1.29 is 24.5 Å². The van der Waals surface area contributed by atoms with Crippen LogP contribution in [0.1, 0.15) is 245 Å². The predicted molar refractivity (Wildman–Crippen MR) is 268 cm³/mol. The second kappa shape index (κ2) is 49.3. The zero-order valence-electron chi connectivity index (χ0n) is 40.7. The van der Waals surface area contributed by atoms with Gasteiger partial charge in [0.1, 0.15) is 6.10 Å². The summed E-state index contributed by atoms with van der Waals surface area (Å²) in [6, 6.07) is -0.723. The van der Waals surface area contributed by atoms with Crippen molar-refractivity contribution in [1.29, 1.82) is 0 Å². The summed E-state index contributed by atoms with van der Waals surface area (Å²) in [4.78, 5) is 26.1. The van der Waals surface area contributed by atoms with E-state index in [1.165, 1.54) is 116 Å². The number of ether oxygens (including phenoxy) is 1. The van der Waals surface area contributed by atoms with Crippen molar-refractivity contribution in [2.75, 3.05) is 6.61 Å². The van der Waals surface area contributed by atoms with E-state index in [2.05, 4.69) is 99.0 Å². The molecule has 0 saturated carbocycles. The van der Waals surface area contributed by atoms with Gasteiger partial charge < -0.3 is 20.3 Å². The number of rotatable bonds is 46. The lowest BCUT2D eigenvalue weighted by atomic mass is 10.0. The lowest BCUT2D eigenvalue weighted by Crippen LogP contribution is -2.46. The molecule has 1 amide bonds. The monoisotopic (exact) mass is 866 g/mol. The number of nitrogens with one attached hydrogen (secondary N) is 1. The predicted octanol–water partition coefficient (Wildman–Crippen LogP) is 15.8. The van der Waals surface area contributed by atoms with Crippen molar-refractivity contribution in [3.63, 3.8) is 0 Å². The number of hydrogen-bond donors (Lipinski definition) is 3. The van der Waals surface area contributed by atoms with Crippen LogP contribution < -0.4 is 5.32 Å². The van der Waals surface area contributed by atoms with Gasteiger partial charge in [0, 0.05) is 6.42 Å². The first kappa shape index (κ1) is 59.3. The van der Waals surface area contributed by atoms with Gasteiger partial charge >= 0.3 is 5.97 Å². The van der Waals surface area contributed by atoms with Crippen LogP contribution in [0, 0.1) is 0 Å². The highest BCUT2D eigenvalue weighted by molar-refractivity contribution is 5.77. The Labute approximate surface area is 383 Å². The largest absolute Gasteiger partial charge is 0.462 e. The number of esters is 1. The molecule has 0 radical (unpaired) electrons. The van der Waals surface area contributed by atoms with E-state index in [-0.39, 0.29) is 24.9 Å². The molecule has 0 spiro atoms. The van der Waals surface area contributed by atoms with Crippen LogP contribution in [0.4, 0.5) is 0 Å². The molecule has 3 unspecified atom stereocenters. The van der Waals surface area contributed by atoms with Crippen LogP contribution in [-0.2, 0) is 14.3 Å². The number of carbonyl (C=O) groups is 2. The van der Waals surface area contributed by atoms with Crippen LogP contribution in [0.3, 0.4) is 0 Å². The molecule has 0 fully saturated rings. The quantitative estimate of drug-likeness (QED) is 0.0322. The Morgan fingerprint density at radius 1 is 0.484 bits per heavy atom. The van der Waals surface area contributed by atoms with Gasteiger partial charge in [-0.05, 0) is 83.5 Å². The number of unbranched alkanes of at least 4 members (excludes halogenated alkanes) is 22. The third-order valence-corrected chi connectivity index (χ3v) is 11.5. The van der Waals surface area contributed by atoms with Crippen molar-refractivity contribution >= 4 is 11.9 Å². The molecule has 0 aliphatic rings. The molecule has 0 saturated heterocycles. The van der Waals surface area contributed by atoms with E-state index in [1.807, 2.05) is 0 Å². The molecule has 3 N–H and O–H groups in total. The van der Waals surface area contributed by atoms with E-state index < -0.39 is 18.2 Å². The summed E-state index contributed by atoms with van der Waals surface area (Å²) in [5.41, 5.74) is 0. The molecular weight excluding hydrogens is 767 g/mol. The maximum Gasteiger partial charge on any atom is 0.306 e. The molecule has 62 heavy (non-hydrogen) atoms. The SMILES string of the molecule is CC/C=C\C/C=C\C/C=C\C/C=C\C/C=C\CCCC(=O)OC(CCC/C=C\CCCCCCCCC)CC(=O)NC(CO)C(O)CCCCCCCCCCCCCCCC. The third-order valence-electron chi connectivity index (χ3n) is 11.5. The van der Waals surface area contributed by atoms with Crippen molar-refractivity contribution in [3.05, 3.63) is 72.9 Å². The van der Waals surface area contributed by atoms with Gasteiger partial charge in [-0.2, -0.15) is 0 Å². The Balaban J connectivity index is 4.67. The zero-order valence-corrected chi connectivity index (χ0v) is 40.7. The Bertz CT molecular complexity index is 1150. The average Bonchev–Trinajstić information content (AvgIpc) is 3.26. The normalized spacial score (nSPS) is 13.8. The van der Waals surface area contributed by atoms with Gasteiger partial charge in [0.05, 0.1) is 25.2 Å². The van der Waals surface area contributed by atoms with Crippen molar-refractivity contribution in [2.24, 2.45) is 0 Å². The number of amides is 1. The third kappa shape index (κ3) is 43.9. The molecule has 0 aromatic carbocycles. The van der Waals surface area contributed by atoms with Crippen LogP contribution in [-0.4, -0.2) is 46.9 Å². The summed E-state index contributed by atoms with van der Waals surface area (Å²) >= 11 is 0. The first-order valence-electron chi connectivity index (χ1n) is 26.2. The van der Waals surface area contributed by atoms with E-state index in [9.17, 15) is 19.8 Å². The summed E-state index contributed by atoms with van der Waals surface area (Å²) < 4.78 is 5.88. The van der Waals surface area contributed by atoms with Gasteiger partial charge in [-0.1, -0.05) is 222 Å². The number of allylic oxidation sites excluding steroid dienone is 12. The second-order valence-electron chi connectivity index (χ2n) is 17.5. The maximum atomic E-state index is 13.2. The minimum atomic E-state index is -0.806. The van der Waals surface area contributed by atoms with Crippen molar-refractivity contribution in [2.45, 2.75) is 264 Å². The lowest BCUT2D eigenvalue weighted by Gasteiger charge is -2.24. The molecule has 0 aliphatic carbocycles. The first-order chi connectivity index (χ1) is 30.5. The van der Waals surface area contributed by atoms with Gasteiger partial charge in [-0.15, -0.1) is 0 Å². The molecule has 0 rings (SSSR count). The van der Waals surface area contributed by atoms with Gasteiger partial charge in [-0.3, -0.25) is 9.59 Å². The minimum Gasteiger partial charge on any atom is -0.462 e. The smallest absolute Gasteiger partial charge is 0.306 e. The summed E-state index contributed by atoms with van der Waals surface area (Å²) in [6.07, 6.45) is 62.5. The number of aliphatic hydroxyl groups excluding tert-OH is 2. The Hall–Kier alpha value is -2.70. The van der Waals surface area contributed by atoms with Crippen LogP contribution in [0.25, 0.3) is 0 Å². The van der Waals surface area contributed by atoms with E-state index >= 15 is 0 Å². The summed E-state index contributed by atoms with van der Waals surface area (Å²) in [5, 5.41) is 23.8. The highest BCUT2D eigenvalue weighted by Gasteiger charge is 2.24. The number of aliphatic hydroxyl groups is 2. The molecule has 0 aliphatic heterocycles. The molecule has 0 aromatic rings. The van der Waals surface area contributed by atoms with Crippen molar-refractivity contribution in [1.82, 2.24) is 5.32 Å². The highest BCUT2D eigenvalue weighted by Crippen LogP contribution is 2.17. The van der Waals surface area contributed by atoms with Gasteiger partial charge in [0.15, 0.2) is 0 Å².